The second-order valence-electron chi connectivity index (χ2n) is 5.73. The lowest BCUT2D eigenvalue weighted by molar-refractivity contribution is -0.133. The van der Waals surface area contributed by atoms with E-state index in [0.717, 1.165) is 13.1 Å². The lowest BCUT2D eigenvalue weighted by Crippen LogP contribution is -2.43. The number of nitrogens with zero attached hydrogens (tertiary/aromatic N) is 1. The Kier molecular flexibility index (Phi) is 5.17. The predicted octanol–water partition coefficient (Wildman–Crippen LogP) is 2.37. The van der Waals surface area contributed by atoms with Crippen LogP contribution in [-0.2, 0) is 4.79 Å². The first-order chi connectivity index (χ1) is 9.56. The van der Waals surface area contributed by atoms with Crippen LogP contribution in [0.2, 0.25) is 0 Å². The van der Waals surface area contributed by atoms with Crippen LogP contribution in [0.4, 0.5) is 0 Å². The second-order valence-corrected chi connectivity index (χ2v) is 6.68. The zero-order chi connectivity index (χ0) is 14.5. The van der Waals surface area contributed by atoms with E-state index in [0.29, 0.717) is 29.7 Å². The molecule has 2 atom stereocenters. The number of amides is 2. The zero-order valence-corrected chi connectivity index (χ0v) is 12.9. The zero-order valence-electron chi connectivity index (χ0n) is 12.1. The predicted molar refractivity (Wildman–Crippen MR) is 80.8 cm³/mol. The van der Waals surface area contributed by atoms with E-state index in [2.05, 4.69) is 19.2 Å². The summed E-state index contributed by atoms with van der Waals surface area (Å²) in [6, 6.07) is 3.64. The van der Waals surface area contributed by atoms with Gasteiger partial charge in [-0.25, -0.2) is 0 Å². The van der Waals surface area contributed by atoms with Crippen molar-refractivity contribution < 1.29 is 9.59 Å². The summed E-state index contributed by atoms with van der Waals surface area (Å²) in [5.74, 6) is 1.20. The molecule has 5 heteroatoms. The Hall–Kier alpha value is -1.36. The molecule has 1 N–H and O–H groups in total. The molecule has 2 heterocycles. The minimum Gasteiger partial charge on any atom is -0.351 e. The van der Waals surface area contributed by atoms with E-state index in [9.17, 15) is 9.59 Å². The fourth-order valence-corrected chi connectivity index (χ4v) is 3.44. The molecule has 1 aromatic heterocycles. The van der Waals surface area contributed by atoms with Crippen LogP contribution in [0.25, 0.3) is 0 Å². The average molecular weight is 294 g/mol. The van der Waals surface area contributed by atoms with Gasteiger partial charge in [0.2, 0.25) is 5.91 Å². The van der Waals surface area contributed by atoms with Crippen molar-refractivity contribution >= 4 is 23.2 Å². The second kappa shape index (κ2) is 6.88. The van der Waals surface area contributed by atoms with Crippen LogP contribution in [0.15, 0.2) is 17.5 Å². The number of nitrogens with one attached hydrogen (secondary N) is 1. The molecule has 1 saturated heterocycles. The minimum atomic E-state index is -0.0896. The van der Waals surface area contributed by atoms with E-state index < -0.39 is 0 Å². The van der Waals surface area contributed by atoms with Gasteiger partial charge in [0.15, 0.2) is 0 Å². The number of carbonyl (C=O) groups excluding carboxylic acids is 2. The van der Waals surface area contributed by atoms with Crippen molar-refractivity contribution in [1.82, 2.24) is 10.2 Å². The molecule has 110 valence electrons. The molecule has 0 aliphatic carbocycles. The van der Waals surface area contributed by atoms with Gasteiger partial charge in [-0.05, 0) is 29.7 Å². The summed E-state index contributed by atoms with van der Waals surface area (Å²) in [7, 11) is 0. The van der Waals surface area contributed by atoms with E-state index in [-0.39, 0.29) is 11.8 Å². The Balaban J connectivity index is 1.73. The maximum Gasteiger partial charge on any atom is 0.261 e. The first-order valence-corrected chi connectivity index (χ1v) is 8.03. The van der Waals surface area contributed by atoms with E-state index >= 15 is 0 Å². The molecule has 0 saturated carbocycles. The molecule has 1 aliphatic rings. The van der Waals surface area contributed by atoms with Gasteiger partial charge < -0.3 is 10.2 Å². The number of hydrogen-bond acceptors (Lipinski definition) is 3. The van der Waals surface area contributed by atoms with Crippen molar-refractivity contribution in [2.75, 3.05) is 19.6 Å². The van der Waals surface area contributed by atoms with Gasteiger partial charge in [0, 0.05) is 26.1 Å². The summed E-state index contributed by atoms with van der Waals surface area (Å²) >= 11 is 1.41. The van der Waals surface area contributed by atoms with Crippen molar-refractivity contribution in [1.29, 1.82) is 0 Å². The van der Waals surface area contributed by atoms with Crippen LogP contribution in [0.5, 0.6) is 0 Å². The van der Waals surface area contributed by atoms with Gasteiger partial charge in [-0.1, -0.05) is 19.9 Å². The Morgan fingerprint density at radius 1 is 1.35 bits per heavy atom. The highest BCUT2D eigenvalue weighted by Crippen LogP contribution is 2.21. The molecule has 2 amide bonds. The molecule has 0 aromatic carbocycles. The van der Waals surface area contributed by atoms with Crippen molar-refractivity contribution in [3.05, 3.63) is 22.4 Å². The molecular weight excluding hydrogens is 272 g/mol. The van der Waals surface area contributed by atoms with Crippen molar-refractivity contribution in [3.8, 4) is 0 Å². The third-order valence-electron chi connectivity index (χ3n) is 3.59. The largest absolute Gasteiger partial charge is 0.351 e. The number of rotatable bonds is 4. The molecule has 1 fully saturated rings. The summed E-state index contributed by atoms with van der Waals surface area (Å²) in [5.41, 5.74) is 0. The minimum absolute atomic E-state index is 0.0896. The smallest absolute Gasteiger partial charge is 0.261 e. The van der Waals surface area contributed by atoms with Gasteiger partial charge in [0.25, 0.3) is 5.91 Å². The Morgan fingerprint density at radius 3 is 2.65 bits per heavy atom. The fraction of sp³-hybridized carbons (Fsp3) is 0.600. The van der Waals surface area contributed by atoms with Crippen LogP contribution in [0, 0.1) is 11.8 Å². The quantitative estimate of drug-likeness (QED) is 0.927. The van der Waals surface area contributed by atoms with Crippen LogP contribution < -0.4 is 5.32 Å². The molecule has 0 unspecified atom stereocenters. The van der Waals surface area contributed by atoms with Crippen molar-refractivity contribution in [2.45, 2.75) is 26.7 Å². The summed E-state index contributed by atoms with van der Waals surface area (Å²) in [6.07, 6.45) is 1.58. The lowest BCUT2D eigenvalue weighted by Gasteiger charge is -2.35. The Morgan fingerprint density at radius 2 is 2.05 bits per heavy atom. The molecule has 20 heavy (non-hydrogen) atoms. The highest BCUT2D eigenvalue weighted by Gasteiger charge is 2.24. The van der Waals surface area contributed by atoms with Gasteiger partial charge in [0.05, 0.1) is 4.88 Å². The Bertz CT molecular complexity index is 448. The van der Waals surface area contributed by atoms with Crippen LogP contribution in [0.1, 0.15) is 36.4 Å². The van der Waals surface area contributed by atoms with Crippen LogP contribution in [0.3, 0.4) is 0 Å². The SMILES string of the molecule is C[C@@H]1C[C@H](C)CN(C(=O)CCNC(=O)c2cccs2)C1. The first-order valence-electron chi connectivity index (χ1n) is 7.15. The lowest BCUT2D eigenvalue weighted by atomic mass is 9.92. The number of hydrogen-bond donors (Lipinski definition) is 1. The Labute approximate surface area is 124 Å². The molecular formula is C15H22N2O2S. The highest BCUT2D eigenvalue weighted by molar-refractivity contribution is 7.12. The fourth-order valence-electron chi connectivity index (χ4n) is 2.80. The number of likely N-dealkylation sites (tertiary alicyclic amines) is 1. The molecule has 0 spiro atoms. The molecule has 1 aromatic rings. The van der Waals surface area contributed by atoms with Gasteiger partial charge in [-0.3, -0.25) is 9.59 Å². The topological polar surface area (TPSA) is 49.4 Å². The van der Waals surface area contributed by atoms with Crippen LogP contribution in [-0.4, -0.2) is 36.3 Å². The summed E-state index contributed by atoms with van der Waals surface area (Å²) in [5, 5.41) is 4.67. The third kappa shape index (κ3) is 4.07. The van der Waals surface area contributed by atoms with Crippen LogP contribution >= 0.6 is 11.3 Å². The summed E-state index contributed by atoms with van der Waals surface area (Å²) < 4.78 is 0. The molecule has 0 radical (unpaired) electrons. The number of thiophene rings is 1. The highest BCUT2D eigenvalue weighted by atomic mass is 32.1. The van der Waals surface area contributed by atoms with E-state index in [1.54, 1.807) is 6.07 Å². The summed E-state index contributed by atoms with van der Waals surface area (Å²) in [4.78, 5) is 26.5. The van der Waals surface area contributed by atoms with E-state index in [4.69, 9.17) is 0 Å². The monoisotopic (exact) mass is 294 g/mol. The van der Waals surface area contributed by atoms with Crippen molar-refractivity contribution in [2.24, 2.45) is 11.8 Å². The maximum absolute atomic E-state index is 12.1. The third-order valence-corrected chi connectivity index (χ3v) is 4.46. The van der Waals surface area contributed by atoms with Gasteiger partial charge >= 0.3 is 0 Å². The summed E-state index contributed by atoms with van der Waals surface area (Å²) in [6.45, 7) is 6.49. The first kappa shape index (κ1) is 15.0. The number of piperidine rings is 1. The van der Waals surface area contributed by atoms with Gasteiger partial charge in [0.1, 0.15) is 0 Å². The molecule has 0 bridgehead atoms. The molecule has 4 nitrogen and oxygen atoms in total. The maximum atomic E-state index is 12.1. The average Bonchev–Trinajstić information content (AvgIpc) is 2.91. The number of carbonyl (C=O) groups is 2. The van der Waals surface area contributed by atoms with E-state index in [1.165, 1.54) is 17.8 Å². The molecule has 1 aliphatic heterocycles. The van der Waals surface area contributed by atoms with Gasteiger partial charge in [-0.2, -0.15) is 0 Å². The van der Waals surface area contributed by atoms with Crippen molar-refractivity contribution in [3.63, 3.8) is 0 Å². The normalized spacial score (nSPS) is 22.6. The van der Waals surface area contributed by atoms with Gasteiger partial charge in [-0.15, -0.1) is 11.3 Å². The van der Waals surface area contributed by atoms with E-state index in [1.807, 2.05) is 16.3 Å². The molecule has 2 rings (SSSR count). The standard InChI is InChI=1S/C15H22N2O2S/c1-11-8-12(2)10-17(9-11)14(18)5-6-16-15(19)13-4-3-7-20-13/h3-4,7,11-12H,5-6,8-10H2,1-2H3,(H,16,19)/t11-,12+.